The lowest BCUT2D eigenvalue weighted by Crippen LogP contribution is -2.24. The molecule has 7 heteroatoms. The molecule has 132 valence electrons. The smallest absolute Gasteiger partial charge is 0.265 e. The second kappa shape index (κ2) is 8.26. The number of aromatic nitrogens is 1. The number of nitrogens with zero attached hydrogens (tertiary/aromatic N) is 1. The minimum Gasteiger partial charge on any atom is -0.481 e. The predicted octanol–water partition coefficient (Wildman–Crippen LogP) is 3.33. The molecule has 0 saturated heterocycles. The number of pyridine rings is 1. The molecule has 0 spiro atoms. The summed E-state index contributed by atoms with van der Waals surface area (Å²) in [4.78, 5) is 29.4. The molecule has 1 aromatic carbocycles. The number of carbonyl (C=O) groups is 2. The van der Waals surface area contributed by atoms with Crippen molar-refractivity contribution in [1.29, 1.82) is 0 Å². The molecule has 0 unspecified atom stereocenters. The van der Waals surface area contributed by atoms with Crippen LogP contribution in [-0.4, -0.2) is 23.9 Å². The molecule has 3 aromatic rings. The third-order valence-corrected chi connectivity index (χ3v) is 4.49. The number of methoxy groups -OCH3 is 1. The van der Waals surface area contributed by atoms with E-state index in [0.29, 0.717) is 28.6 Å². The van der Waals surface area contributed by atoms with Gasteiger partial charge in [-0.05, 0) is 35.2 Å². The molecule has 0 fully saturated rings. The molecule has 2 aromatic heterocycles. The van der Waals surface area contributed by atoms with Crippen molar-refractivity contribution in [1.82, 2.24) is 10.3 Å². The van der Waals surface area contributed by atoms with Gasteiger partial charge >= 0.3 is 0 Å². The van der Waals surface area contributed by atoms with E-state index < -0.39 is 0 Å². The highest BCUT2D eigenvalue weighted by molar-refractivity contribution is 7.12. The van der Waals surface area contributed by atoms with Crippen LogP contribution in [0.3, 0.4) is 0 Å². The van der Waals surface area contributed by atoms with Crippen molar-refractivity contribution in [2.45, 2.75) is 6.54 Å². The zero-order chi connectivity index (χ0) is 18.4. The lowest BCUT2D eigenvalue weighted by atomic mass is 10.1. The number of hydrogen-bond donors (Lipinski definition) is 2. The van der Waals surface area contributed by atoms with Gasteiger partial charge in [0.1, 0.15) is 0 Å². The Morgan fingerprint density at radius 2 is 1.96 bits per heavy atom. The molecule has 0 aliphatic heterocycles. The zero-order valence-corrected chi connectivity index (χ0v) is 14.9. The van der Waals surface area contributed by atoms with E-state index in [9.17, 15) is 9.59 Å². The SMILES string of the molecule is COc1cc(CNC(=O)c2ccccc2NC(=O)c2cccs2)ccn1. The molecule has 2 N–H and O–H groups in total. The fourth-order valence-corrected chi connectivity index (χ4v) is 2.95. The monoisotopic (exact) mass is 367 g/mol. The van der Waals surface area contributed by atoms with Gasteiger partial charge in [0.15, 0.2) is 0 Å². The molecule has 0 bridgehead atoms. The number of carbonyl (C=O) groups excluding carboxylic acids is 2. The zero-order valence-electron chi connectivity index (χ0n) is 14.1. The van der Waals surface area contributed by atoms with Crippen molar-refractivity contribution in [3.63, 3.8) is 0 Å². The Kier molecular flexibility index (Phi) is 5.60. The van der Waals surface area contributed by atoms with Crippen molar-refractivity contribution >= 4 is 28.8 Å². The summed E-state index contributed by atoms with van der Waals surface area (Å²) in [7, 11) is 1.54. The van der Waals surface area contributed by atoms with Gasteiger partial charge in [-0.15, -0.1) is 11.3 Å². The summed E-state index contributed by atoms with van der Waals surface area (Å²) in [5, 5.41) is 7.46. The van der Waals surface area contributed by atoms with E-state index in [0.717, 1.165) is 5.56 Å². The van der Waals surface area contributed by atoms with Crippen molar-refractivity contribution < 1.29 is 14.3 Å². The molecule has 0 aliphatic carbocycles. The molecule has 2 amide bonds. The van der Waals surface area contributed by atoms with Crippen LogP contribution in [0.15, 0.2) is 60.1 Å². The summed E-state index contributed by atoms with van der Waals surface area (Å²) >= 11 is 1.35. The number of ether oxygens (including phenoxy) is 1. The summed E-state index contributed by atoms with van der Waals surface area (Å²) < 4.78 is 5.07. The van der Waals surface area contributed by atoms with Gasteiger partial charge < -0.3 is 15.4 Å². The van der Waals surface area contributed by atoms with E-state index in [1.807, 2.05) is 5.38 Å². The van der Waals surface area contributed by atoms with Crippen LogP contribution in [-0.2, 0) is 6.54 Å². The van der Waals surface area contributed by atoms with Crippen molar-refractivity contribution in [2.24, 2.45) is 0 Å². The quantitative estimate of drug-likeness (QED) is 0.700. The molecule has 0 aliphatic rings. The van der Waals surface area contributed by atoms with E-state index in [1.165, 1.54) is 18.4 Å². The van der Waals surface area contributed by atoms with Crippen LogP contribution >= 0.6 is 11.3 Å². The summed E-state index contributed by atoms with van der Waals surface area (Å²) in [5.41, 5.74) is 1.74. The number of benzene rings is 1. The Balaban J connectivity index is 1.70. The summed E-state index contributed by atoms with van der Waals surface area (Å²) in [6, 6.07) is 14.0. The van der Waals surface area contributed by atoms with E-state index >= 15 is 0 Å². The van der Waals surface area contributed by atoms with Crippen molar-refractivity contribution in [3.8, 4) is 5.88 Å². The van der Waals surface area contributed by atoms with Gasteiger partial charge in [0.05, 0.1) is 23.2 Å². The number of amides is 2. The summed E-state index contributed by atoms with van der Waals surface area (Å²) in [5.74, 6) is -0.0256. The minimum absolute atomic E-state index is 0.237. The third kappa shape index (κ3) is 4.25. The average molecular weight is 367 g/mol. The van der Waals surface area contributed by atoms with Crippen LogP contribution in [0, 0.1) is 0 Å². The molecule has 6 nitrogen and oxygen atoms in total. The standard InChI is InChI=1S/C19H17N3O3S/c1-25-17-11-13(8-9-20-17)12-21-18(23)14-5-2-3-6-15(14)22-19(24)16-7-4-10-26-16/h2-11H,12H2,1H3,(H,21,23)(H,22,24). The first-order valence-corrected chi connectivity index (χ1v) is 8.76. The summed E-state index contributed by atoms with van der Waals surface area (Å²) in [6.45, 7) is 0.324. The predicted molar refractivity (Wildman–Crippen MR) is 101 cm³/mol. The normalized spacial score (nSPS) is 10.2. The first-order chi connectivity index (χ1) is 12.7. The Labute approximate surface area is 154 Å². The van der Waals surface area contributed by atoms with Gasteiger partial charge in [-0.1, -0.05) is 18.2 Å². The molecule has 0 radical (unpaired) electrons. The topological polar surface area (TPSA) is 80.3 Å². The second-order valence-electron chi connectivity index (χ2n) is 5.37. The van der Waals surface area contributed by atoms with Crippen LogP contribution in [0.5, 0.6) is 5.88 Å². The highest BCUT2D eigenvalue weighted by Crippen LogP contribution is 2.18. The maximum Gasteiger partial charge on any atom is 0.265 e. The second-order valence-corrected chi connectivity index (χ2v) is 6.31. The lowest BCUT2D eigenvalue weighted by Gasteiger charge is -2.11. The van der Waals surface area contributed by atoms with Gasteiger partial charge in [-0.25, -0.2) is 4.98 Å². The van der Waals surface area contributed by atoms with Crippen LogP contribution in [0.25, 0.3) is 0 Å². The van der Waals surface area contributed by atoms with Gasteiger partial charge in [0.2, 0.25) is 5.88 Å². The van der Waals surface area contributed by atoms with E-state index in [1.54, 1.807) is 54.7 Å². The average Bonchev–Trinajstić information content (AvgIpc) is 3.21. The number of para-hydroxylation sites is 1. The molecule has 26 heavy (non-hydrogen) atoms. The highest BCUT2D eigenvalue weighted by Gasteiger charge is 2.14. The molecular formula is C19H17N3O3S. The van der Waals surface area contributed by atoms with Crippen LogP contribution in [0.1, 0.15) is 25.6 Å². The molecule has 0 saturated carbocycles. The number of rotatable bonds is 6. The molecule has 3 rings (SSSR count). The Morgan fingerprint density at radius 3 is 2.73 bits per heavy atom. The summed E-state index contributed by atoms with van der Waals surface area (Å²) in [6.07, 6.45) is 1.62. The Hall–Kier alpha value is -3.19. The highest BCUT2D eigenvalue weighted by atomic mass is 32.1. The Bertz CT molecular complexity index is 910. The first-order valence-electron chi connectivity index (χ1n) is 7.88. The lowest BCUT2D eigenvalue weighted by molar-refractivity contribution is 0.0951. The van der Waals surface area contributed by atoms with Gasteiger partial charge in [-0.3, -0.25) is 9.59 Å². The van der Waals surface area contributed by atoms with Gasteiger partial charge in [0, 0.05) is 18.8 Å². The number of anilines is 1. The molecular weight excluding hydrogens is 350 g/mol. The Morgan fingerprint density at radius 1 is 1.12 bits per heavy atom. The number of nitrogens with one attached hydrogen (secondary N) is 2. The van der Waals surface area contributed by atoms with Crippen LogP contribution in [0.4, 0.5) is 5.69 Å². The largest absolute Gasteiger partial charge is 0.481 e. The maximum atomic E-state index is 12.6. The molecule has 2 heterocycles. The van der Waals surface area contributed by atoms with Gasteiger partial charge in [0.25, 0.3) is 11.8 Å². The maximum absolute atomic E-state index is 12.6. The number of thiophene rings is 1. The first kappa shape index (κ1) is 17.6. The fourth-order valence-electron chi connectivity index (χ4n) is 2.33. The van der Waals surface area contributed by atoms with Crippen molar-refractivity contribution in [2.75, 3.05) is 12.4 Å². The van der Waals surface area contributed by atoms with E-state index in [2.05, 4.69) is 15.6 Å². The van der Waals surface area contributed by atoms with Gasteiger partial charge in [-0.2, -0.15) is 0 Å². The van der Waals surface area contributed by atoms with Crippen LogP contribution in [0.2, 0.25) is 0 Å². The minimum atomic E-state index is -0.275. The number of hydrogen-bond acceptors (Lipinski definition) is 5. The van der Waals surface area contributed by atoms with Crippen molar-refractivity contribution in [3.05, 3.63) is 76.1 Å². The molecule has 0 atom stereocenters. The van der Waals surface area contributed by atoms with Crippen LogP contribution < -0.4 is 15.4 Å². The van der Waals surface area contributed by atoms with E-state index in [-0.39, 0.29) is 11.8 Å². The third-order valence-electron chi connectivity index (χ3n) is 3.63. The fraction of sp³-hybridized carbons (Fsp3) is 0.105. The van der Waals surface area contributed by atoms with E-state index in [4.69, 9.17) is 4.74 Å².